The van der Waals surface area contributed by atoms with E-state index in [1.807, 2.05) is 0 Å². The van der Waals surface area contributed by atoms with Crippen LogP contribution in [0.1, 0.15) is 37.2 Å². The van der Waals surface area contributed by atoms with Gasteiger partial charge in [0.05, 0.1) is 0 Å². The van der Waals surface area contributed by atoms with Crippen LogP contribution in [0, 0.1) is 5.92 Å². The maximum Gasteiger partial charge on any atom is 0.167 e. The molecule has 1 heterocycles. The zero-order chi connectivity index (χ0) is 15.6. The number of rotatable bonds is 5. The van der Waals surface area contributed by atoms with Crippen molar-refractivity contribution in [1.82, 2.24) is 4.98 Å². The van der Waals surface area contributed by atoms with Crippen LogP contribution in [0.4, 0.5) is 0 Å². The number of benzene rings is 1. The van der Waals surface area contributed by atoms with Crippen molar-refractivity contribution in [1.29, 1.82) is 0 Å². The first-order valence-electron chi connectivity index (χ1n) is 8.09. The van der Waals surface area contributed by atoms with E-state index in [9.17, 15) is 0 Å². The molecule has 1 saturated carbocycles. The number of aromatic amines is 1. The lowest BCUT2D eigenvalue weighted by Crippen LogP contribution is -2.39. The van der Waals surface area contributed by atoms with Crippen LogP contribution in [-0.2, 0) is 9.47 Å². The number of methoxy groups -OCH3 is 2. The quantitative estimate of drug-likeness (QED) is 0.832. The molecular weight excluding hydrogens is 276 g/mol. The summed E-state index contributed by atoms with van der Waals surface area (Å²) in [5, 5.41) is 1.30. The highest BCUT2D eigenvalue weighted by atomic mass is 16.7. The summed E-state index contributed by atoms with van der Waals surface area (Å²) in [5.41, 5.74) is 8.68. The number of H-pyrrole nitrogens is 1. The van der Waals surface area contributed by atoms with Gasteiger partial charge in [-0.1, -0.05) is 18.2 Å². The van der Waals surface area contributed by atoms with Gasteiger partial charge in [-0.15, -0.1) is 0 Å². The Morgan fingerprint density at radius 1 is 1.23 bits per heavy atom. The van der Waals surface area contributed by atoms with Crippen LogP contribution in [0.3, 0.4) is 0 Å². The predicted molar refractivity (Wildman–Crippen MR) is 88.8 cm³/mol. The maximum atomic E-state index is 6.14. The molecular formula is C18H26N2O2. The molecule has 2 aromatic rings. The van der Waals surface area contributed by atoms with Gasteiger partial charge < -0.3 is 20.2 Å². The lowest BCUT2D eigenvalue weighted by Gasteiger charge is -2.40. The summed E-state index contributed by atoms with van der Waals surface area (Å²) in [5.74, 6) is 0.584. The van der Waals surface area contributed by atoms with Crippen LogP contribution in [0.15, 0.2) is 30.5 Å². The summed E-state index contributed by atoms with van der Waals surface area (Å²) in [7, 11) is 3.48. The fourth-order valence-corrected chi connectivity index (χ4v) is 3.95. The predicted octanol–water partition coefficient (Wildman–Crippen LogP) is 3.39. The Morgan fingerprint density at radius 2 is 1.91 bits per heavy atom. The van der Waals surface area contributed by atoms with Crippen molar-refractivity contribution in [3.8, 4) is 0 Å². The molecule has 1 aromatic heterocycles. The largest absolute Gasteiger partial charge is 0.361 e. The van der Waals surface area contributed by atoms with Crippen LogP contribution in [0.5, 0.6) is 0 Å². The van der Waals surface area contributed by atoms with E-state index >= 15 is 0 Å². The third-order valence-electron chi connectivity index (χ3n) is 5.38. The molecule has 0 aliphatic heterocycles. The molecule has 0 spiro atoms. The molecule has 3 N–H and O–H groups in total. The van der Waals surface area contributed by atoms with Gasteiger partial charge in [0, 0.05) is 50.1 Å². The minimum Gasteiger partial charge on any atom is -0.361 e. The molecule has 22 heavy (non-hydrogen) atoms. The van der Waals surface area contributed by atoms with Crippen molar-refractivity contribution < 1.29 is 9.47 Å². The van der Waals surface area contributed by atoms with Gasteiger partial charge in [0.1, 0.15) is 0 Å². The number of aromatic nitrogens is 1. The minimum atomic E-state index is -0.393. The molecule has 1 fully saturated rings. The Kier molecular flexibility index (Phi) is 4.52. The Bertz CT molecular complexity index is 608. The monoisotopic (exact) mass is 302 g/mol. The second kappa shape index (κ2) is 6.41. The van der Waals surface area contributed by atoms with Crippen LogP contribution in [-0.4, -0.2) is 31.5 Å². The van der Waals surface area contributed by atoms with E-state index in [2.05, 4.69) is 35.4 Å². The van der Waals surface area contributed by atoms with E-state index in [1.165, 1.54) is 16.5 Å². The lowest BCUT2D eigenvalue weighted by atomic mass is 9.75. The van der Waals surface area contributed by atoms with Gasteiger partial charge in [-0.05, 0) is 36.9 Å². The van der Waals surface area contributed by atoms with Crippen LogP contribution in [0.25, 0.3) is 10.9 Å². The van der Waals surface area contributed by atoms with Crippen molar-refractivity contribution >= 4 is 10.9 Å². The molecule has 1 atom stereocenters. The molecule has 0 radical (unpaired) electrons. The molecule has 1 aliphatic carbocycles. The van der Waals surface area contributed by atoms with Gasteiger partial charge >= 0.3 is 0 Å². The standard InChI is InChI=1S/C18H26N2O2/c1-21-18(22-2)9-7-13(8-10-18)15(11-19)16-12-20-17-6-4-3-5-14(16)17/h3-6,12-13,15,20H,7-11,19H2,1-2H3. The summed E-state index contributed by atoms with van der Waals surface area (Å²) < 4.78 is 11.2. The Balaban J connectivity index is 1.81. The number of nitrogens with one attached hydrogen (secondary N) is 1. The molecule has 0 amide bonds. The van der Waals surface area contributed by atoms with Crippen LogP contribution < -0.4 is 5.73 Å². The minimum absolute atomic E-state index is 0.392. The number of nitrogens with two attached hydrogens (primary N) is 1. The topological polar surface area (TPSA) is 60.3 Å². The van der Waals surface area contributed by atoms with Crippen molar-refractivity contribution in [2.75, 3.05) is 20.8 Å². The Hall–Kier alpha value is -1.36. The fraction of sp³-hybridized carbons (Fsp3) is 0.556. The number of hydrogen-bond donors (Lipinski definition) is 2. The molecule has 1 unspecified atom stereocenters. The van der Waals surface area contributed by atoms with E-state index in [0.29, 0.717) is 18.4 Å². The van der Waals surface area contributed by atoms with Crippen molar-refractivity contribution in [2.45, 2.75) is 37.4 Å². The summed E-state index contributed by atoms with van der Waals surface area (Å²) in [6.45, 7) is 0.680. The zero-order valence-electron chi connectivity index (χ0n) is 13.5. The number of fused-ring (bicyclic) bond motifs is 1. The third-order valence-corrected chi connectivity index (χ3v) is 5.38. The van der Waals surface area contributed by atoms with Crippen LogP contribution >= 0.6 is 0 Å². The first-order valence-corrected chi connectivity index (χ1v) is 8.09. The smallest absolute Gasteiger partial charge is 0.167 e. The highest BCUT2D eigenvalue weighted by Crippen LogP contribution is 2.42. The van der Waals surface area contributed by atoms with Gasteiger partial charge in [0.2, 0.25) is 0 Å². The number of para-hydroxylation sites is 1. The molecule has 1 aromatic carbocycles. The fourth-order valence-electron chi connectivity index (χ4n) is 3.95. The molecule has 4 nitrogen and oxygen atoms in total. The van der Waals surface area contributed by atoms with E-state index in [0.717, 1.165) is 25.7 Å². The zero-order valence-corrected chi connectivity index (χ0v) is 13.5. The summed E-state index contributed by atoms with van der Waals surface area (Å²) in [4.78, 5) is 3.38. The van der Waals surface area contributed by atoms with Gasteiger partial charge in [-0.2, -0.15) is 0 Å². The maximum absolute atomic E-state index is 6.14. The first-order chi connectivity index (χ1) is 10.7. The Labute approximate surface area is 132 Å². The molecule has 0 bridgehead atoms. The van der Waals surface area contributed by atoms with E-state index in [1.54, 1.807) is 14.2 Å². The van der Waals surface area contributed by atoms with Gasteiger partial charge in [0.15, 0.2) is 5.79 Å². The summed E-state index contributed by atoms with van der Waals surface area (Å²) in [6.07, 6.45) is 6.18. The lowest BCUT2D eigenvalue weighted by molar-refractivity contribution is -0.228. The third kappa shape index (κ3) is 2.67. The van der Waals surface area contributed by atoms with E-state index < -0.39 is 5.79 Å². The van der Waals surface area contributed by atoms with Crippen molar-refractivity contribution in [3.63, 3.8) is 0 Å². The van der Waals surface area contributed by atoms with Gasteiger partial charge in [0.25, 0.3) is 0 Å². The molecule has 3 rings (SSSR count). The second-order valence-corrected chi connectivity index (χ2v) is 6.29. The highest BCUT2D eigenvalue weighted by molar-refractivity contribution is 5.83. The average molecular weight is 302 g/mol. The normalized spacial score (nSPS) is 20.3. The van der Waals surface area contributed by atoms with Crippen molar-refractivity contribution in [3.05, 3.63) is 36.0 Å². The Morgan fingerprint density at radius 3 is 2.55 bits per heavy atom. The summed E-state index contributed by atoms with van der Waals surface area (Å²) in [6, 6.07) is 8.45. The average Bonchev–Trinajstić information content (AvgIpc) is 3.01. The van der Waals surface area contributed by atoms with E-state index in [4.69, 9.17) is 15.2 Å². The first kappa shape index (κ1) is 15.5. The van der Waals surface area contributed by atoms with Gasteiger partial charge in [-0.3, -0.25) is 0 Å². The van der Waals surface area contributed by atoms with Crippen molar-refractivity contribution in [2.24, 2.45) is 11.7 Å². The SMILES string of the molecule is COC1(OC)CCC(C(CN)c2c[nH]c3ccccc23)CC1. The second-order valence-electron chi connectivity index (χ2n) is 6.29. The highest BCUT2D eigenvalue weighted by Gasteiger charge is 2.38. The molecule has 0 saturated heterocycles. The molecule has 1 aliphatic rings. The molecule has 120 valence electrons. The van der Waals surface area contributed by atoms with Crippen LogP contribution in [0.2, 0.25) is 0 Å². The van der Waals surface area contributed by atoms with E-state index in [-0.39, 0.29) is 0 Å². The van der Waals surface area contributed by atoms with Gasteiger partial charge in [-0.25, -0.2) is 0 Å². The molecule has 4 heteroatoms. The summed E-state index contributed by atoms with van der Waals surface area (Å²) >= 11 is 0. The number of ether oxygens (including phenoxy) is 2. The number of hydrogen-bond acceptors (Lipinski definition) is 3.